The van der Waals surface area contributed by atoms with Crippen LogP contribution in [0, 0.1) is 6.92 Å². The molecule has 24 heavy (non-hydrogen) atoms. The third kappa shape index (κ3) is 3.86. The van der Waals surface area contributed by atoms with Gasteiger partial charge in [0.25, 0.3) is 5.91 Å². The summed E-state index contributed by atoms with van der Waals surface area (Å²) in [6.07, 6.45) is 2.26. The number of carbonyl (C=O) groups is 2. The lowest BCUT2D eigenvalue weighted by Gasteiger charge is -2.14. The fraction of sp³-hybridized carbons (Fsp3) is 0.400. The van der Waals surface area contributed by atoms with Crippen LogP contribution in [0.1, 0.15) is 29.1 Å². The van der Waals surface area contributed by atoms with Gasteiger partial charge in [-0.15, -0.1) is 10.2 Å². The van der Waals surface area contributed by atoms with Crippen LogP contribution in [0.2, 0.25) is 0 Å². The zero-order chi connectivity index (χ0) is 16.9. The number of hydrogen-bond donors (Lipinski definition) is 1. The van der Waals surface area contributed by atoms with Crippen LogP contribution in [0.25, 0.3) is 0 Å². The number of aryl methyl sites for hydroxylation is 1. The molecule has 1 saturated heterocycles. The van der Waals surface area contributed by atoms with Gasteiger partial charge in [0, 0.05) is 19.2 Å². The topological polar surface area (TPSA) is 110 Å². The van der Waals surface area contributed by atoms with Crippen molar-refractivity contribution in [2.75, 3.05) is 29.9 Å². The molecule has 1 amide bonds. The van der Waals surface area contributed by atoms with Gasteiger partial charge in [0.2, 0.25) is 0 Å². The third-order valence-electron chi connectivity index (χ3n) is 3.52. The number of nitrogens with zero attached hydrogens (tertiary/aromatic N) is 4. The van der Waals surface area contributed by atoms with Gasteiger partial charge in [-0.25, -0.2) is 4.79 Å². The molecule has 0 spiro atoms. The van der Waals surface area contributed by atoms with Crippen LogP contribution >= 0.6 is 0 Å². The highest BCUT2D eigenvalue weighted by atomic mass is 16.5. The highest BCUT2D eigenvalue weighted by Gasteiger charge is 2.17. The Morgan fingerprint density at radius 1 is 1.29 bits per heavy atom. The maximum absolute atomic E-state index is 11.9. The first kappa shape index (κ1) is 15.9. The Morgan fingerprint density at radius 3 is 2.71 bits per heavy atom. The summed E-state index contributed by atoms with van der Waals surface area (Å²) in [7, 11) is 0. The van der Waals surface area contributed by atoms with Crippen molar-refractivity contribution in [1.29, 1.82) is 0 Å². The quantitative estimate of drug-likeness (QED) is 0.813. The van der Waals surface area contributed by atoms with E-state index in [0.29, 0.717) is 5.76 Å². The highest BCUT2D eigenvalue weighted by molar-refractivity contribution is 5.94. The molecule has 0 saturated carbocycles. The number of amides is 1. The molecule has 1 aliphatic heterocycles. The second kappa shape index (κ2) is 7.07. The molecule has 3 heterocycles. The van der Waals surface area contributed by atoms with Crippen LogP contribution in [-0.2, 0) is 9.53 Å². The van der Waals surface area contributed by atoms with E-state index in [1.54, 1.807) is 25.1 Å². The average Bonchev–Trinajstić information content (AvgIpc) is 3.25. The summed E-state index contributed by atoms with van der Waals surface area (Å²) in [6, 6.07) is 4.83. The molecule has 0 bridgehead atoms. The van der Waals surface area contributed by atoms with Gasteiger partial charge in [-0.3, -0.25) is 4.79 Å². The van der Waals surface area contributed by atoms with Gasteiger partial charge in [-0.05, 0) is 31.9 Å². The molecule has 1 N–H and O–H groups in total. The minimum absolute atomic E-state index is 0.0584. The average molecular weight is 331 g/mol. The Morgan fingerprint density at radius 2 is 2.08 bits per heavy atom. The maximum Gasteiger partial charge on any atom is 0.359 e. The standard InChI is InChI=1S/C15H17N5O4/c1-10-8-12(19-24-10)16-14(21)9-23-15(22)11-4-5-13(18-17-11)20-6-2-3-7-20/h4-5,8H,2-3,6-7,9H2,1H3,(H,16,19,21). The van der Waals surface area contributed by atoms with Crippen molar-refractivity contribution in [3.05, 3.63) is 29.7 Å². The lowest BCUT2D eigenvalue weighted by molar-refractivity contribution is -0.119. The number of hydrogen-bond acceptors (Lipinski definition) is 8. The van der Waals surface area contributed by atoms with E-state index in [-0.39, 0.29) is 11.5 Å². The predicted octanol–water partition coefficient (Wildman–Crippen LogP) is 1.17. The van der Waals surface area contributed by atoms with Gasteiger partial charge in [0.1, 0.15) is 5.76 Å². The number of ether oxygens (including phenoxy) is 1. The minimum atomic E-state index is -0.707. The van der Waals surface area contributed by atoms with Gasteiger partial charge in [-0.1, -0.05) is 5.16 Å². The summed E-state index contributed by atoms with van der Waals surface area (Å²) >= 11 is 0. The van der Waals surface area contributed by atoms with Crippen molar-refractivity contribution >= 4 is 23.5 Å². The van der Waals surface area contributed by atoms with Crippen molar-refractivity contribution in [2.45, 2.75) is 19.8 Å². The van der Waals surface area contributed by atoms with Crippen molar-refractivity contribution in [3.8, 4) is 0 Å². The minimum Gasteiger partial charge on any atom is -0.451 e. The molecule has 0 aromatic carbocycles. The first-order chi connectivity index (χ1) is 11.6. The number of rotatable bonds is 5. The van der Waals surface area contributed by atoms with Crippen molar-refractivity contribution < 1.29 is 18.8 Å². The molecular weight excluding hydrogens is 314 g/mol. The molecule has 3 rings (SSSR count). The zero-order valence-corrected chi connectivity index (χ0v) is 13.2. The van der Waals surface area contributed by atoms with Gasteiger partial charge in [-0.2, -0.15) is 0 Å². The molecule has 2 aromatic rings. The lowest BCUT2D eigenvalue weighted by atomic mass is 10.4. The van der Waals surface area contributed by atoms with Crippen LogP contribution < -0.4 is 10.2 Å². The highest BCUT2D eigenvalue weighted by Crippen LogP contribution is 2.16. The molecule has 0 aliphatic carbocycles. The van der Waals surface area contributed by atoms with Crippen LogP contribution in [0.5, 0.6) is 0 Å². The second-order valence-electron chi connectivity index (χ2n) is 5.42. The molecular formula is C15H17N5O4. The Kier molecular flexibility index (Phi) is 4.69. The summed E-state index contributed by atoms with van der Waals surface area (Å²) < 4.78 is 9.73. The SMILES string of the molecule is Cc1cc(NC(=O)COC(=O)c2ccc(N3CCCC3)nn2)no1. The van der Waals surface area contributed by atoms with Crippen molar-refractivity contribution in [3.63, 3.8) is 0 Å². The third-order valence-corrected chi connectivity index (χ3v) is 3.52. The van der Waals surface area contributed by atoms with Gasteiger partial charge in [0.15, 0.2) is 23.9 Å². The number of aromatic nitrogens is 3. The van der Waals surface area contributed by atoms with E-state index in [4.69, 9.17) is 9.26 Å². The monoisotopic (exact) mass is 331 g/mol. The Hall–Kier alpha value is -2.97. The summed E-state index contributed by atoms with van der Waals surface area (Å²) in [5.41, 5.74) is 0.0584. The molecule has 1 fully saturated rings. The second-order valence-corrected chi connectivity index (χ2v) is 5.42. The lowest BCUT2D eigenvalue weighted by Crippen LogP contribution is -2.22. The molecule has 0 unspecified atom stereocenters. The van der Waals surface area contributed by atoms with Crippen molar-refractivity contribution in [2.24, 2.45) is 0 Å². The molecule has 9 heteroatoms. The number of carbonyl (C=O) groups excluding carboxylic acids is 2. The zero-order valence-electron chi connectivity index (χ0n) is 13.2. The molecule has 9 nitrogen and oxygen atoms in total. The summed E-state index contributed by atoms with van der Waals surface area (Å²) in [6.45, 7) is 3.15. The Labute approximate surface area is 138 Å². The Bertz CT molecular complexity index is 722. The largest absolute Gasteiger partial charge is 0.451 e. The first-order valence-corrected chi connectivity index (χ1v) is 7.61. The smallest absolute Gasteiger partial charge is 0.359 e. The van der Waals surface area contributed by atoms with E-state index in [9.17, 15) is 9.59 Å². The molecule has 0 radical (unpaired) electrons. The van der Waals surface area contributed by atoms with Crippen molar-refractivity contribution in [1.82, 2.24) is 15.4 Å². The van der Waals surface area contributed by atoms with Crippen LogP contribution in [0.15, 0.2) is 22.7 Å². The molecule has 126 valence electrons. The van der Waals surface area contributed by atoms with E-state index < -0.39 is 18.5 Å². The summed E-state index contributed by atoms with van der Waals surface area (Å²) in [5, 5.41) is 14.0. The van der Waals surface area contributed by atoms with Gasteiger partial charge < -0.3 is 19.5 Å². The molecule has 2 aromatic heterocycles. The summed E-state index contributed by atoms with van der Waals surface area (Å²) in [4.78, 5) is 25.7. The van der Waals surface area contributed by atoms with Crippen LogP contribution in [-0.4, -0.2) is 46.9 Å². The number of esters is 1. The van der Waals surface area contributed by atoms with E-state index in [2.05, 4.69) is 25.6 Å². The first-order valence-electron chi connectivity index (χ1n) is 7.61. The molecule has 0 atom stereocenters. The Balaban J connectivity index is 1.50. The van der Waals surface area contributed by atoms with Gasteiger partial charge in [0.05, 0.1) is 0 Å². The van der Waals surface area contributed by atoms with Gasteiger partial charge >= 0.3 is 5.97 Å². The normalized spacial score (nSPS) is 13.8. The van der Waals surface area contributed by atoms with Crippen LogP contribution in [0.4, 0.5) is 11.6 Å². The van der Waals surface area contributed by atoms with E-state index in [1.807, 2.05) is 0 Å². The van der Waals surface area contributed by atoms with Crippen LogP contribution in [0.3, 0.4) is 0 Å². The number of nitrogens with one attached hydrogen (secondary N) is 1. The summed E-state index contributed by atoms with van der Waals surface area (Å²) in [5.74, 6) is 0.349. The number of anilines is 2. The molecule has 1 aliphatic rings. The fourth-order valence-corrected chi connectivity index (χ4v) is 2.36. The maximum atomic E-state index is 11.9. The van der Waals surface area contributed by atoms with E-state index in [1.165, 1.54) is 0 Å². The fourth-order valence-electron chi connectivity index (χ4n) is 2.36. The van der Waals surface area contributed by atoms with E-state index in [0.717, 1.165) is 31.7 Å². The predicted molar refractivity (Wildman–Crippen MR) is 83.6 cm³/mol. The van der Waals surface area contributed by atoms with E-state index >= 15 is 0 Å².